The fraction of sp³-hybridized carbons (Fsp3) is 0.286. The summed E-state index contributed by atoms with van der Waals surface area (Å²) in [7, 11) is 1.47. The Hall–Kier alpha value is -3.58. The van der Waals surface area contributed by atoms with Crippen LogP contribution in [0.4, 0.5) is 16.0 Å². The van der Waals surface area contributed by atoms with Crippen molar-refractivity contribution in [3.8, 4) is 5.88 Å². The summed E-state index contributed by atoms with van der Waals surface area (Å²) in [6, 6.07) is 3.52. The molecule has 35 heavy (non-hydrogen) atoms. The van der Waals surface area contributed by atoms with Crippen LogP contribution >= 0.6 is 24.2 Å². The van der Waals surface area contributed by atoms with Gasteiger partial charge in [-0.25, -0.2) is 24.3 Å². The number of amidine groups is 1. The summed E-state index contributed by atoms with van der Waals surface area (Å²) in [5.41, 5.74) is 7.57. The lowest BCUT2D eigenvalue weighted by Crippen LogP contribution is -2.40. The van der Waals surface area contributed by atoms with Crippen LogP contribution in [0.25, 0.3) is 0 Å². The van der Waals surface area contributed by atoms with Gasteiger partial charge in [0.25, 0.3) is 5.91 Å². The van der Waals surface area contributed by atoms with Crippen molar-refractivity contribution in [3.05, 3.63) is 60.3 Å². The van der Waals surface area contributed by atoms with Crippen LogP contribution in [0, 0.1) is 11.7 Å². The second-order valence-corrected chi connectivity index (χ2v) is 9.13. The fourth-order valence-electron chi connectivity index (χ4n) is 4.07. The van der Waals surface area contributed by atoms with E-state index >= 15 is 0 Å². The summed E-state index contributed by atoms with van der Waals surface area (Å²) >= 11 is 1.43. The first-order chi connectivity index (χ1) is 16.5. The molecule has 3 aromatic heterocycles. The van der Waals surface area contributed by atoms with Crippen LogP contribution in [0.15, 0.2) is 48.1 Å². The molecule has 3 N–H and O–H groups in total. The van der Waals surface area contributed by atoms with E-state index in [0.717, 1.165) is 18.1 Å². The zero-order valence-electron chi connectivity index (χ0n) is 18.5. The molecule has 0 bridgehead atoms. The number of aliphatic imine (C=N–C) groups is 1. The highest BCUT2D eigenvalue weighted by molar-refractivity contribution is 8.14. The average molecular weight is 518 g/mol. The van der Waals surface area contributed by atoms with E-state index in [-0.39, 0.29) is 24.0 Å². The molecule has 0 radical (unpaired) electrons. The lowest BCUT2D eigenvalue weighted by atomic mass is 9.90. The topological polar surface area (TPSA) is 144 Å². The zero-order valence-corrected chi connectivity index (χ0v) is 20.1. The number of carbonyl (C=O) groups is 1. The third-order valence-corrected chi connectivity index (χ3v) is 7.07. The van der Waals surface area contributed by atoms with Gasteiger partial charge in [0.15, 0.2) is 11.0 Å². The van der Waals surface area contributed by atoms with E-state index < -0.39 is 16.5 Å². The predicted octanol–water partition coefficient (Wildman–Crippen LogP) is 1.88. The summed E-state index contributed by atoms with van der Waals surface area (Å²) < 4.78 is 17.8. The number of carbonyl (C=O) groups excluding carboxylic acids is 1. The molecule has 5 heterocycles. The lowest BCUT2D eigenvalue weighted by molar-refractivity contribution is 0.102. The van der Waals surface area contributed by atoms with Gasteiger partial charge in [-0.15, -0.1) is 12.4 Å². The first-order valence-corrected chi connectivity index (χ1v) is 11.1. The molecule has 2 atom stereocenters. The standard InChI is InChI=1S/C21H20FN9O2S.ClH/c1-33-17-9-25-15(8-26-17)18(32)30-14-2-3-24-16(4-14)21-11-31(20-28-6-13(22)7-29-20)10-12(21)5-27-19(23)34-21;/h2-4,6-9,12H,5,10-11H2,1H3,(H2,23,27)(H,24,30,32);1H/t12-,21+;/m1./s1. The Labute approximate surface area is 210 Å². The van der Waals surface area contributed by atoms with Crippen LogP contribution in [-0.4, -0.2) is 62.7 Å². The number of ether oxygens (including phenoxy) is 1. The molecule has 0 saturated carbocycles. The third-order valence-electron chi connectivity index (χ3n) is 5.69. The molecule has 14 heteroatoms. The van der Waals surface area contributed by atoms with E-state index in [0.29, 0.717) is 42.3 Å². The summed E-state index contributed by atoms with van der Waals surface area (Å²) in [5.74, 6) is -0.103. The van der Waals surface area contributed by atoms with Gasteiger partial charge in [-0.05, 0) is 12.1 Å². The Bertz CT molecular complexity index is 1250. The highest BCUT2D eigenvalue weighted by Crippen LogP contribution is 2.50. The van der Waals surface area contributed by atoms with Crippen LogP contribution < -0.4 is 20.7 Å². The van der Waals surface area contributed by atoms with Gasteiger partial charge < -0.3 is 20.7 Å². The number of nitrogens with zero attached hydrogens (tertiary/aromatic N) is 7. The number of anilines is 2. The average Bonchev–Trinajstić information content (AvgIpc) is 3.24. The summed E-state index contributed by atoms with van der Waals surface area (Å²) in [4.78, 5) is 40.0. The minimum atomic E-state index is -0.537. The maximum Gasteiger partial charge on any atom is 0.275 e. The van der Waals surface area contributed by atoms with Gasteiger partial charge in [-0.1, -0.05) is 11.8 Å². The molecule has 182 valence electrons. The number of aromatic nitrogens is 5. The van der Waals surface area contributed by atoms with Crippen molar-refractivity contribution in [3.63, 3.8) is 0 Å². The van der Waals surface area contributed by atoms with E-state index in [9.17, 15) is 9.18 Å². The number of nitrogens with one attached hydrogen (secondary N) is 1. The normalized spacial score (nSPS) is 20.9. The molecule has 1 fully saturated rings. The number of fused-ring (bicyclic) bond motifs is 1. The highest BCUT2D eigenvalue weighted by Gasteiger charge is 2.52. The maximum atomic E-state index is 13.3. The van der Waals surface area contributed by atoms with Crippen molar-refractivity contribution in [2.45, 2.75) is 4.75 Å². The molecule has 2 aliphatic heterocycles. The number of amides is 1. The van der Waals surface area contributed by atoms with Crippen molar-refractivity contribution >= 4 is 46.9 Å². The van der Waals surface area contributed by atoms with E-state index in [4.69, 9.17) is 10.5 Å². The third kappa shape index (κ3) is 4.82. The first-order valence-electron chi connectivity index (χ1n) is 10.3. The molecule has 1 saturated heterocycles. The molecule has 0 aromatic carbocycles. The van der Waals surface area contributed by atoms with Gasteiger partial charge in [0.1, 0.15) is 5.69 Å². The molecule has 0 spiro atoms. The molecule has 11 nitrogen and oxygen atoms in total. The molecule has 1 amide bonds. The zero-order chi connectivity index (χ0) is 23.7. The van der Waals surface area contributed by atoms with Crippen molar-refractivity contribution in [1.29, 1.82) is 0 Å². The monoisotopic (exact) mass is 517 g/mol. The molecule has 2 aliphatic rings. The molecule has 0 unspecified atom stereocenters. The number of rotatable bonds is 5. The Morgan fingerprint density at radius 3 is 2.74 bits per heavy atom. The van der Waals surface area contributed by atoms with Gasteiger partial charge in [-0.2, -0.15) is 0 Å². The minimum absolute atomic E-state index is 0. The Morgan fingerprint density at radius 1 is 1.23 bits per heavy atom. The number of halogens is 2. The van der Waals surface area contributed by atoms with Crippen molar-refractivity contribution in [2.24, 2.45) is 16.6 Å². The second-order valence-electron chi connectivity index (χ2n) is 7.78. The van der Waals surface area contributed by atoms with Crippen LogP contribution in [-0.2, 0) is 4.75 Å². The number of methoxy groups -OCH3 is 1. The largest absolute Gasteiger partial charge is 0.480 e. The van der Waals surface area contributed by atoms with Gasteiger partial charge in [0.05, 0.1) is 42.3 Å². The van der Waals surface area contributed by atoms with Gasteiger partial charge in [0.2, 0.25) is 11.8 Å². The molecule has 3 aromatic rings. The van der Waals surface area contributed by atoms with Crippen molar-refractivity contribution in [2.75, 3.05) is 37.0 Å². The number of hydrogen-bond donors (Lipinski definition) is 2. The van der Waals surface area contributed by atoms with Gasteiger partial charge in [-0.3, -0.25) is 14.8 Å². The summed E-state index contributed by atoms with van der Waals surface area (Å²) in [6.07, 6.45) is 6.64. The SMILES string of the molecule is COc1cnc(C(=O)Nc2ccnc([C@]34CN(c5ncc(F)cn5)C[C@H]3CN=C(N)S4)c2)cn1.Cl. The van der Waals surface area contributed by atoms with E-state index in [2.05, 4.69) is 35.2 Å². The summed E-state index contributed by atoms with van der Waals surface area (Å²) in [6.45, 7) is 1.61. The number of thioether (sulfide) groups is 1. The Balaban J connectivity index is 0.00000289. The Kier molecular flexibility index (Phi) is 6.98. The van der Waals surface area contributed by atoms with Crippen molar-refractivity contribution in [1.82, 2.24) is 24.9 Å². The second kappa shape index (κ2) is 9.96. The van der Waals surface area contributed by atoms with Crippen LogP contribution in [0.1, 0.15) is 16.2 Å². The number of hydrogen-bond acceptors (Lipinski definition) is 11. The first kappa shape index (κ1) is 24.5. The minimum Gasteiger partial charge on any atom is -0.480 e. The number of nitrogens with two attached hydrogens (primary N) is 1. The predicted molar refractivity (Wildman–Crippen MR) is 131 cm³/mol. The van der Waals surface area contributed by atoms with Crippen LogP contribution in [0.2, 0.25) is 0 Å². The maximum absolute atomic E-state index is 13.3. The van der Waals surface area contributed by atoms with Crippen LogP contribution in [0.3, 0.4) is 0 Å². The van der Waals surface area contributed by atoms with Gasteiger partial charge >= 0.3 is 0 Å². The molecule has 5 rings (SSSR count). The fourth-order valence-corrected chi connectivity index (χ4v) is 5.33. The van der Waals surface area contributed by atoms with E-state index in [1.54, 1.807) is 12.3 Å². The molecular formula is C21H21ClFN9O2S. The van der Waals surface area contributed by atoms with E-state index in [1.165, 1.54) is 31.3 Å². The summed E-state index contributed by atoms with van der Waals surface area (Å²) in [5, 5.41) is 3.30. The van der Waals surface area contributed by atoms with Gasteiger partial charge in [0, 0.05) is 37.4 Å². The molecule has 0 aliphatic carbocycles. The number of pyridine rings is 1. The quantitative estimate of drug-likeness (QED) is 0.514. The lowest BCUT2D eigenvalue weighted by Gasteiger charge is -2.35. The Morgan fingerprint density at radius 2 is 2.03 bits per heavy atom. The highest BCUT2D eigenvalue weighted by atomic mass is 35.5. The van der Waals surface area contributed by atoms with Crippen LogP contribution in [0.5, 0.6) is 5.88 Å². The van der Waals surface area contributed by atoms with E-state index in [1.807, 2.05) is 11.0 Å². The van der Waals surface area contributed by atoms with Crippen molar-refractivity contribution < 1.29 is 13.9 Å². The smallest absolute Gasteiger partial charge is 0.275 e. The molecular weight excluding hydrogens is 497 g/mol.